The van der Waals surface area contributed by atoms with Crippen molar-refractivity contribution < 1.29 is 9.59 Å². The lowest BCUT2D eigenvalue weighted by Crippen LogP contribution is -2.40. The van der Waals surface area contributed by atoms with E-state index in [1.54, 1.807) is 9.91 Å². The zero-order valence-corrected chi connectivity index (χ0v) is 15.2. The molecule has 2 amide bonds. The summed E-state index contributed by atoms with van der Waals surface area (Å²) in [6.45, 7) is 0. The molecule has 0 radical (unpaired) electrons. The van der Waals surface area contributed by atoms with Crippen molar-refractivity contribution in [3.63, 3.8) is 0 Å². The normalized spacial score (nSPS) is 20.9. The first-order chi connectivity index (χ1) is 13.1. The van der Waals surface area contributed by atoms with Gasteiger partial charge in [0.05, 0.1) is 11.7 Å². The van der Waals surface area contributed by atoms with E-state index in [1.807, 2.05) is 49.5 Å². The number of carbonyl (C=O) groups excluding carboxylic acids is 2. The number of hydrogen-bond donors (Lipinski definition) is 1. The Labute approximate surface area is 158 Å². The number of hydrazone groups is 1. The summed E-state index contributed by atoms with van der Waals surface area (Å²) in [6.07, 6.45) is 2.09. The molecule has 0 fully saturated rings. The third kappa shape index (κ3) is 3.07. The topological polar surface area (TPSA) is 79.0 Å². The lowest BCUT2D eigenvalue weighted by Gasteiger charge is -2.25. The van der Waals surface area contributed by atoms with Crippen LogP contribution in [-0.4, -0.2) is 35.5 Å². The molecule has 2 aliphatic rings. The largest absolute Gasteiger partial charge is 0.368 e. The van der Waals surface area contributed by atoms with Gasteiger partial charge in [-0.05, 0) is 36.1 Å². The van der Waals surface area contributed by atoms with Crippen molar-refractivity contribution in [1.29, 1.82) is 0 Å². The Morgan fingerprint density at radius 3 is 2.56 bits per heavy atom. The van der Waals surface area contributed by atoms with E-state index in [4.69, 9.17) is 5.73 Å². The Kier molecular flexibility index (Phi) is 4.39. The molecule has 0 aromatic heterocycles. The van der Waals surface area contributed by atoms with Gasteiger partial charge < -0.3 is 10.6 Å². The highest BCUT2D eigenvalue weighted by molar-refractivity contribution is 6.40. The molecular weight excluding hydrogens is 340 g/mol. The minimum Gasteiger partial charge on any atom is -0.368 e. The van der Waals surface area contributed by atoms with Crippen LogP contribution in [0.15, 0.2) is 59.7 Å². The Balaban J connectivity index is 1.59. The molecule has 0 spiro atoms. The van der Waals surface area contributed by atoms with E-state index >= 15 is 0 Å². The molecule has 6 nitrogen and oxygen atoms in total. The predicted octanol–water partition coefficient (Wildman–Crippen LogP) is 2.25. The first kappa shape index (κ1) is 17.3. The fourth-order valence-corrected chi connectivity index (χ4v) is 3.96. The molecule has 2 atom stereocenters. The summed E-state index contributed by atoms with van der Waals surface area (Å²) >= 11 is 0. The fourth-order valence-electron chi connectivity index (χ4n) is 3.96. The summed E-state index contributed by atoms with van der Waals surface area (Å²) in [5.74, 6) is -0.638. The summed E-state index contributed by atoms with van der Waals surface area (Å²) in [5.41, 5.74) is 9.17. The molecule has 2 aromatic rings. The van der Waals surface area contributed by atoms with Crippen LogP contribution in [0.1, 0.15) is 30.0 Å². The standard InChI is InChI=1S/C21H22N4O2/c1-24(18-12-11-14-7-5-6-10-16(14)18)21(27)17-13-19(20(22)26)25(23-17)15-8-3-2-4-9-15/h2-10,18-19H,11-13H2,1H3,(H2,22,26)/t18-,19-/m0/s1. The van der Waals surface area contributed by atoms with E-state index < -0.39 is 11.9 Å². The van der Waals surface area contributed by atoms with Crippen LogP contribution >= 0.6 is 0 Å². The van der Waals surface area contributed by atoms with Crippen LogP contribution in [0.2, 0.25) is 0 Å². The molecular formula is C21H22N4O2. The Morgan fingerprint density at radius 2 is 1.81 bits per heavy atom. The molecule has 0 saturated heterocycles. The average Bonchev–Trinajstić information content (AvgIpc) is 3.32. The molecule has 0 unspecified atom stereocenters. The van der Waals surface area contributed by atoms with E-state index in [-0.39, 0.29) is 18.4 Å². The Bertz CT molecular complexity index is 909. The van der Waals surface area contributed by atoms with Crippen molar-refractivity contribution >= 4 is 23.2 Å². The lowest BCUT2D eigenvalue weighted by molar-refractivity contribution is -0.125. The van der Waals surface area contributed by atoms with Gasteiger partial charge in [0.2, 0.25) is 5.91 Å². The highest BCUT2D eigenvalue weighted by Gasteiger charge is 2.38. The van der Waals surface area contributed by atoms with Crippen molar-refractivity contribution in [2.24, 2.45) is 10.8 Å². The van der Waals surface area contributed by atoms with E-state index in [0.717, 1.165) is 18.5 Å². The van der Waals surface area contributed by atoms with Gasteiger partial charge in [0, 0.05) is 13.5 Å². The zero-order valence-electron chi connectivity index (χ0n) is 15.2. The summed E-state index contributed by atoms with van der Waals surface area (Å²) < 4.78 is 0. The number of para-hydroxylation sites is 1. The average molecular weight is 362 g/mol. The molecule has 1 aliphatic heterocycles. The number of benzene rings is 2. The van der Waals surface area contributed by atoms with Gasteiger partial charge in [-0.1, -0.05) is 42.5 Å². The molecule has 138 valence electrons. The lowest BCUT2D eigenvalue weighted by atomic mass is 10.1. The van der Waals surface area contributed by atoms with Crippen molar-refractivity contribution in [2.75, 3.05) is 12.1 Å². The van der Waals surface area contributed by atoms with Crippen LogP contribution in [0.25, 0.3) is 0 Å². The number of anilines is 1. The van der Waals surface area contributed by atoms with Crippen molar-refractivity contribution in [1.82, 2.24) is 4.90 Å². The van der Waals surface area contributed by atoms with Gasteiger partial charge in [0.1, 0.15) is 11.8 Å². The fraction of sp³-hybridized carbons (Fsp3) is 0.286. The Morgan fingerprint density at radius 1 is 1.11 bits per heavy atom. The molecule has 1 heterocycles. The van der Waals surface area contributed by atoms with Crippen LogP contribution < -0.4 is 10.7 Å². The number of hydrogen-bond acceptors (Lipinski definition) is 4. The highest BCUT2D eigenvalue weighted by atomic mass is 16.2. The number of nitrogens with two attached hydrogens (primary N) is 1. The van der Waals surface area contributed by atoms with Gasteiger partial charge >= 0.3 is 0 Å². The predicted molar refractivity (Wildman–Crippen MR) is 104 cm³/mol. The second kappa shape index (κ2) is 6.87. The number of primary amides is 1. The first-order valence-electron chi connectivity index (χ1n) is 9.12. The second-order valence-corrected chi connectivity index (χ2v) is 7.02. The number of nitrogens with zero attached hydrogens (tertiary/aromatic N) is 3. The van der Waals surface area contributed by atoms with Crippen LogP contribution in [-0.2, 0) is 16.0 Å². The first-order valence-corrected chi connectivity index (χ1v) is 9.12. The second-order valence-electron chi connectivity index (χ2n) is 7.02. The van der Waals surface area contributed by atoms with Gasteiger partial charge in [-0.15, -0.1) is 0 Å². The van der Waals surface area contributed by atoms with Crippen LogP contribution in [0.3, 0.4) is 0 Å². The third-order valence-electron chi connectivity index (χ3n) is 5.40. The van der Waals surface area contributed by atoms with Crippen LogP contribution in [0.5, 0.6) is 0 Å². The van der Waals surface area contributed by atoms with Gasteiger partial charge in [0.15, 0.2) is 0 Å². The van der Waals surface area contributed by atoms with E-state index in [2.05, 4.69) is 17.2 Å². The van der Waals surface area contributed by atoms with E-state index in [1.165, 1.54) is 11.1 Å². The molecule has 2 N–H and O–H groups in total. The van der Waals surface area contributed by atoms with Crippen LogP contribution in [0, 0.1) is 0 Å². The summed E-state index contributed by atoms with van der Waals surface area (Å²) in [6, 6.07) is 16.9. The minimum absolute atomic E-state index is 0.0363. The highest BCUT2D eigenvalue weighted by Crippen LogP contribution is 2.35. The maximum Gasteiger partial charge on any atom is 0.270 e. The van der Waals surface area contributed by atoms with E-state index in [9.17, 15) is 9.59 Å². The molecule has 4 rings (SSSR count). The van der Waals surface area contributed by atoms with Gasteiger partial charge in [-0.25, -0.2) is 0 Å². The maximum atomic E-state index is 13.1. The van der Waals surface area contributed by atoms with E-state index in [0.29, 0.717) is 5.71 Å². The Hall–Kier alpha value is -3.15. The van der Waals surface area contributed by atoms with Crippen molar-refractivity contribution in [3.8, 4) is 0 Å². The van der Waals surface area contributed by atoms with Crippen molar-refractivity contribution in [3.05, 3.63) is 65.7 Å². The summed E-state index contributed by atoms with van der Waals surface area (Å²) in [5, 5.41) is 6.03. The minimum atomic E-state index is -0.643. The number of fused-ring (bicyclic) bond motifs is 1. The summed E-state index contributed by atoms with van der Waals surface area (Å²) in [7, 11) is 1.81. The van der Waals surface area contributed by atoms with Crippen molar-refractivity contribution in [2.45, 2.75) is 31.3 Å². The number of rotatable bonds is 4. The zero-order chi connectivity index (χ0) is 19.0. The monoisotopic (exact) mass is 362 g/mol. The smallest absolute Gasteiger partial charge is 0.270 e. The maximum absolute atomic E-state index is 13.1. The molecule has 2 aromatic carbocycles. The number of carbonyl (C=O) groups is 2. The third-order valence-corrected chi connectivity index (χ3v) is 5.40. The molecule has 6 heteroatoms. The number of amides is 2. The van der Waals surface area contributed by atoms with Gasteiger partial charge in [-0.3, -0.25) is 14.6 Å². The summed E-state index contributed by atoms with van der Waals surface area (Å²) in [4.78, 5) is 26.8. The quantitative estimate of drug-likeness (QED) is 0.906. The molecule has 0 saturated carbocycles. The molecule has 27 heavy (non-hydrogen) atoms. The van der Waals surface area contributed by atoms with Gasteiger partial charge in [0.25, 0.3) is 5.91 Å². The molecule has 0 bridgehead atoms. The number of aryl methyl sites for hydroxylation is 1. The van der Waals surface area contributed by atoms with Crippen LogP contribution in [0.4, 0.5) is 5.69 Å². The molecule has 1 aliphatic carbocycles. The SMILES string of the molecule is CN(C(=O)C1=NN(c2ccccc2)[C@H](C(N)=O)C1)[C@H]1CCc2ccccc21. The van der Waals surface area contributed by atoms with Gasteiger partial charge in [-0.2, -0.15) is 5.10 Å².